The minimum atomic E-state index is -3.50. The summed E-state index contributed by atoms with van der Waals surface area (Å²) >= 11 is 0. The Morgan fingerprint density at radius 1 is 0.690 bits per heavy atom. The van der Waals surface area contributed by atoms with Gasteiger partial charge in [0, 0.05) is 26.2 Å². The van der Waals surface area contributed by atoms with E-state index < -0.39 is 20.0 Å². The molecule has 0 radical (unpaired) electrons. The molecule has 6 nitrogen and oxygen atoms in total. The number of aryl methyl sites for hydroxylation is 2. The molecule has 2 aromatic rings. The molecule has 0 amide bonds. The second-order valence-corrected chi connectivity index (χ2v) is 11.6. The lowest BCUT2D eigenvalue weighted by molar-refractivity contribution is 0.404. The Bertz CT molecular complexity index is 980. The maximum Gasteiger partial charge on any atom is 0.218 e. The van der Waals surface area contributed by atoms with E-state index in [2.05, 4.69) is 0 Å². The molecular weight excluding hydrogens is 408 g/mol. The molecule has 8 heteroatoms. The highest BCUT2D eigenvalue weighted by Gasteiger charge is 2.30. The molecule has 1 heterocycles. The van der Waals surface area contributed by atoms with Gasteiger partial charge < -0.3 is 0 Å². The molecule has 0 saturated carbocycles. The topological polar surface area (TPSA) is 74.8 Å². The van der Waals surface area contributed by atoms with Crippen molar-refractivity contribution in [3.63, 3.8) is 0 Å². The molecule has 0 unspecified atom stereocenters. The average molecular weight is 437 g/mol. The largest absolute Gasteiger partial charge is 0.218 e. The molecule has 29 heavy (non-hydrogen) atoms. The average Bonchev–Trinajstić information content (AvgIpc) is 2.88. The number of hydrogen-bond acceptors (Lipinski definition) is 4. The molecule has 0 N–H and O–H groups in total. The molecule has 0 aliphatic carbocycles. The van der Waals surface area contributed by atoms with E-state index in [1.807, 2.05) is 50.2 Å². The first-order chi connectivity index (χ1) is 13.7. The van der Waals surface area contributed by atoms with Crippen molar-refractivity contribution >= 4 is 20.0 Å². The fourth-order valence-corrected chi connectivity index (χ4v) is 6.74. The SMILES string of the molecule is Cc1cccc(CS(=O)(=O)N2CCCN(S(=O)(=O)Cc3cccc(C)c3)CC2)c1. The van der Waals surface area contributed by atoms with Crippen molar-refractivity contribution in [1.29, 1.82) is 0 Å². The number of benzene rings is 2. The fraction of sp³-hybridized carbons (Fsp3) is 0.429. The summed E-state index contributed by atoms with van der Waals surface area (Å²) in [6, 6.07) is 14.9. The van der Waals surface area contributed by atoms with Crippen LogP contribution in [-0.4, -0.2) is 51.6 Å². The third kappa shape index (κ3) is 5.88. The number of rotatable bonds is 6. The smallest absolute Gasteiger partial charge is 0.212 e. The van der Waals surface area contributed by atoms with Crippen LogP contribution in [-0.2, 0) is 31.6 Å². The zero-order valence-corrected chi connectivity index (χ0v) is 18.5. The van der Waals surface area contributed by atoms with Crippen LogP contribution in [0, 0.1) is 13.8 Å². The van der Waals surface area contributed by atoms with Crippen molar-refractivity contribution in [2.24, 2.45) is 0 Å². The highest BCUT2D eigenvalue weighted by Crippen LogP contribution is 2.18. The van der Waals surface area contributed by atoms with Gasteiger partial charge in [-0.05, 0) is 31.4 Å². The van der Waals surface area contributed by atoms with Crippen LogP contribution in [0.5, 0.6) is 0 Å². The Morgan fingerprint density at radius 3 is 1.48 bits per heavy atom. The molecule has 0 bridgehead atoms. The maximum absolute atomic E-state index is 12.9. The van der Waals surface area contributed by atoms with Gasteiger partial charge in [-0.2, -0.15) is 0 Å². The monoisotopic (exact) mass is 436 g/mol. The van der Waals surface area contributed by atoms with Crippen LogP contribution in [0.2, 0.25) is 0 Å². The summed E-state index contributed by atoms with van der Waals surface area (Å²) in [6.45, 7) is 4.90. The van der Waals surface area contributed by atoms with Crippen LogP contribution < -0.4 is 0 Å². The number of sulfonamides is 2. The van der Waals surface area contributed by atoms with E-state index in [0.717, 1.165) is 22.3 Å². The second-order valence-electron chi connectivity index (χ2n) is 7.64. The molecule has 0 atom stereocenters. The summed E-state index contributed by atoms with van der Waals surface area (Å²) in [5.74, 6) is -0.130. The molecule has 0 aromatic heterocycles. The van der Waals surface area contributed by atoms with Crippen molar-refractivity contribution in [2.45, 2.75) is 31.8 Å². The summed E-state index contributed by atoms with van der Waals surface area (Å²) in [4.78, 5) is 0. The molecule has 1 saturated heterocycles. The summed E-state index contributed by atoms with van der Waals surface area (Å²) in [5.41, 5.74) is 3.53. The van der Waals surface area contributed by atoms with Gasteiger partial charge in [-0.3, -0.25) is 0 Å². The van der Waals surface area contributed by atoms with Gasteiger partial charge in [0.05, 0.1) is 11.5 Å². The minimum absolute atomic E-state index is 0.0648. The van der Waals surface area contributed by atoms with Crippen molar-refractivity contribution in [1.82, 2.24) is 8.61 Å². The van der Waals surface area contributed by atoms with Gasteiger partial charge >= 0.3 is 0 Å². The van der Waals surface area contributed by atoms with Crippen molar-refractivity contribution < 1.29 is 16.8 Å². The highest BCUT2D eigenvalue weighted by molar-refractivity contribution is 7.88. The zero-order chi connectivity index (χ0) is 21.1. The Morgan fingerprint density at radius 2 is 1.10 bits per heavy atom. The Labute approximate surface area is 174 Å². The predicted molar refractivity (Wildman–Crippen MR) is 115 cm³/mol. The van der Waals surface area contributed by atoms with Gasteiger partial charge in [0.15, 0.2) is 0 Å². The lowest BCUT2D eigenvalue weighted by Gasteiger charge is -2.22. The van der Waals surface area contributed by atoms with E-state index >= 15 is 0 Å². The Kier molecular flexibility index (Phi) is 6.78. The molecular formula is C21H28N2O4S2. The van der Waals surface area contributed by atoms with Gasteiger partial charge in [-0.1, -0.05) is 59.7 Å². The molecule has 3 rings (SSSR count). The third-order valence-electron chi connectivity index (χ3n) is 5.06. The molecule has 1 fully saturated rings. The first kappa shape index (κ1) is 22.0. The van der Waals surface area contributed by atoms with E-state index in [4.69, 9.17) is 0 Å². The summed E-state index contributed by atoms with van der Waals surface area (Å²) in [7, 11) is -7.00. The lowest BCUT2D eigenvalue weighted by Crippen LogP contribution is -2.38. The summed E-state index contributed by atoms with van der Waals surface area (Å²) in [5, 5.41) is 0. The standard InChI is InChI=1S/C21H28N2O4S2/c1-18-6-3-8-20(14-18)16-28(24,25)22-10-5-11-23(13-12-22)29(26,27)17-21-9-4-7-19(2)15-21/h3-4,6-9,14-15H,5,10-13,16-17H2,1-2H3. The minimum Gasteiger partial charge on any atom is -0.212 e. The van der Waals surface area contributed by atoms with Crippen LogP contribution >= 0.6 is 0 Å². The lowest BCUT2D eigenvalue weighted by atomic mass is 10.2. The predicted octanol–water partition coefficient (Wildman–Crippen LogP) is 2.67. The van der Waals surface area contributed by atoms with Gasteiger partial charge in [0.25, 0.3) is 0 Å². The van der Waals surface area contributed by atoms with Crippen molar-refractivity contribution in [3.05, 3.63) is 70.8 Å². The van der Waals surface area contributed by atoms with Crippen LogP contribution in [0.3, 0.4) is 0 Å². The van der Waals surface area contributed by atoms with Crippen LogP contribution in [0.4, 0.5) is 0 Å². The van der Waals surface area contributed by atoms with Crippen molar-refractivity contribution in [2.75, 3.05) is 26.2 Å². The fourth-order valence-electron chi connectivity index (χ4n) is 3.63. The molecule has 2 aromatic carbocycles. The highest BCUT2D eigenvalue weighted by atomic mass is 32.2. The summed E-state index contributed by atoms with van der Waals surface area (Å²) < 4.78 is 54.3. The van der Waals surface area contributed by atoms with Crippen LogP contribution in [0.15, 0.2) is 48.5 Å². The van der Waals surface area contributed by atoms with Gasteiger partial charge in [-0.25, -0.2) is 25.4 Å². The first-order valence-corrected chi connectivity index (χ1v) is 12.9. The molecule has 1 aliphatic heterocycles. The van der Waals surface area contributed by atoms with Gasteiger partial charge in [0.1, 0.15) is 0 Å². The summed E-state index contributed by atoms with van der Waals surface area (Å²) in [6.07, 6.45) is 0.486. The van der Waals surface area contributed by atoms with E-state index in [-0.39, 0.29) is 24.6 Å². The number of hydrogen-bond donors (Lipinski definition) is 0. The normalized spacial score (nSPS) is 17.2. The van der Waals surface area contributed by atoms with Crippen LogP contribution in [0.1, 0.15) is 28.7 Å². The van der Waals surface area contributed by atoms with E-state index in [9.17, 15) is 16.8 Å². The molecule has 158 valence electrons. The number of nitrogens with zero attached hydrogens (tertiary/aromatic N) is 2. The van der Waals surface area contributed by atoms with E-state index in [1.54, 1.807) is 12.1 Å². The van der Waals surface area contributed by atoms with Crippen molar-refractivity contribution in [3.8, 4) is 0 Å². The molecule has 0 spiro atoms. The van der Waals surface area contributed by atoms with Gasteiger partial charge in [0.2, 0.25) is 20.0 Å². The van der Waals surface area contributed by atoms with Crippen LogP contribution in [0.25, 0.3) is 0 Å². The first-order valence-electron chi connectivity index (χ1n) is 9.72. The second kappa shape index (κ2) is 8.95. The zero-order valence-electron chi connectivity index (χ0n) is 16.9. The van der Waals surface area contributed by atoms with E-state index in [0.29, 0.717) is 19.5 Å². The Hall–Kier alpha value is -1.74. The maximum atomic E-state index is 12.9. The molecule has 1 aliphatic rings. The van der Waals surface area contributed by atoms with E-state index in [1.165, 1.54) is 8.61 Å². The Balaban J connectivity index is 1.67. The van der Waals surface area contributed by atoms with Gasteiger partial charge in [-0.15, -0.1) is 0 Å². The third-order valence-corrected chi connectivity index (χ3v) is 8.76. The quantitative estimate of drug-likeness (QED) is 0.698.